The van der Waals surface area contributed by atoms with E-state index in [-0.39, 0.29) is 0 Å². The minimum Gasteiger partial charge on any atom is -0.377 e. The monoisotopic (exact) mass is 250 g/mol. The zero-order valence-corrected chi connectivity index (χ0v) is 10.1. The molecule has 1 rings (SSSR count). The quantitative estimate of drug-likeness (QED) is 0.385. The fraction of sp³-hybridized carbons (Fsp3) is 0.100. The van der Waals surface area contributed by atoms with Crippen molar-refractivity contribution < 1.29 is 0 Å². The second-order valence-corrected chi connectivity index (χ2v) is 4.75. The lowest BCUT2D eigenvalue weighted by atomic mass is 10.4. The topological polar surface area (TPSA) is 74.5 Å². The van der Waals surface area contributed by atoms with E-state index in [4.69, 9.17) is 11.0 Å². The first kappa shape index (κ1) is 12.5. The second kappa shape index (κ2) is 6.82. The molecule has 0 amide bonds. The Labute approximate surface area is 102 Å². The Morgan fingerprint density at radius 2 is 2.50 bits per heavy atom. The number of thioether (sulfide) groups is 1. The zero-order valence-electron chi connectivity index (χ0n) is 8.46. The standard InChI is InChI=1S/C10H10N4S2/c1-2-5-15-10(12)14-13-7-9-4-3-8(6-11)16-9/h2-4,7H,1,5H2,(H2,12,14). The van der Waals surface area contributed by atoms with E-state index in [9.17, 15) is 0 Å². The molecule has 1 aromatic heterocycles. The SMILES string of the molecule is C=CCSC(N)=NN=Cc1ccc(C#N)s1. The van der Waals surface area contributed by atoms with Gasteiger partial charge in [-0.05, 0) is 12.1 Å². The number of nitrogens with zero attached hydrogens (tertiary/aromatic N) is 3. The first-order valence-electron chi connectivity index (χ1n) is 4.36. The molecule has 82 valence electrons. The average Bonchev–Trinajstić information content (AvgIpc) is 2.74. The van der Waals surface area contributed by atoms with Crippen molar-refractivity contribution in [2.75, 3.05) is 5.75 Å². The number of amidine groups is 1. The lowest BCUT2D eigenvalue weighted by Crippen LogP contribution is -2.05. The molecule has 0 atom stereocenters. The number of thiophene rings is 1. The molecule has 0 unspecified atom stereocenters. The van der Waals surface area contributed by atoms with Crippen molar-refractivity contribution in [1.82, 2.24) is 0 Å². The molecular formula is C10H10N4S2. The summed E-state index contributed by atoms with van der Waals surface area (Å²) in [4.78, 5) is 1.53. The summed E-state index contributed by atoms with van der Waals surface area (Å²) < 4.78 is 0. The molecule has 16 heavy (non-hydrogen) atoms. The predicted molar refractivity (Wildman–Crippen MR) is 70.9 cm³/mol. The van der Waals surface area contributed by atoms with E-state index in [1.54, 1.807) is 18.4 Å². The molecule has 6 heteroatoms. The van der Waals surface area contributed by atoms with Crippen molar-refractivity contribution in [3.8, 4) is 6.07 Å². The number of hydrogen-bond acceptors (Lipinski definition) is 5. The van der Waals surface area contributed by atoms with Gasteiger partial charge in [0.2, 0.25) is 0 Å². The summed E-state index contributed by atoms with van der Waals surface area (Å²) in [5.74, 6) is 0.711. The summed E-state index contributed by atoms with van der Waals surface area (Å²) in [5.41, 5.74) is 5.56. The van der Waals surface area contributed by atoms with Gasteiger partial charge in [0, 0.05) is 10.6 Å². The molecule has 0 aromatic carbocycles. The van der Waals surface area contributed by atoms with E-state index >= 15 is 0 Å². The van der Waals surface area contributed by atoms with E-state index in [1.165, 1.54) is 23.1 Å². The van der Waals surface area contributed by atoms with Gasteiger partial charge in [0.05, 0.1) is 6.21 Å². The molecule has 0 radical (unpaired) electrons. The largest absolute Gasteiger partial charge is 0.377 e. The Morgan fingerprint density at radius 3 is 3.12 bits per heavy atom. The number of nitrogens with two attached hydrogens (primary N) is 1. The molecule has 2 N–H and O–H groups in total. The van der Waals surface area contributed by atoms with Gasteiger partial charge in [-0.25, -0.2) is 0 Å². The van der Waals surface area contributed by atoms with Gasteiger partial charge in [-0.2, -0.15) is 10.4 Å². The highest BCUT2D eigenvalue weighted by Gasteiger charge is 1.95. The van der Waals surface area contributed by atoms with Crippen LogP contribution in [0.5, 0.6) is 0 Å². The predicted octanol–water partition coefficient (Wildman–Crippen LogP) is 2.19. The maximum Gasteiger partial charge on any atom is 0.180 e. The third-order valence-corrected chi connectivity index (χ3v) is 3.13. The number of hydrogen-bond donors (Lipinski definition) is 1. The van der Waals surface area contributed by atoms with Crippen LogP contribution in [0.25, 0.3) is 0 Å². The lowest BCUT2D eigenvalue weighted by molar-refractivity contribution is 1.25. The summed E-state index contributed by atoms with van der Waals surface area (Å²) in [7, 11) is 0. The van der Waals surface area contributed by atoms with Crippen molar-refractivity contribution in [2.45, 2.75) is 0 Å². The number of rotatable bonds is 4. The molecule has 0 saturated carbocycles. The maximum absolute atomic E-state index is 8.62. The Hall–Kier alpha value is -1.58. The van der Waals surface area contributed by atoms with Crippen molar-refractivity contribution in [3.63, 3.8) is 0 Å². The van der Waals surface area contributed by atoms with E-state index in [0.717, 1.165) is 4.88 Å². The molecular weight excluding hydrogens is 240 g/mol. The molecule has 0 aliphatic rings. The van der Waals surface area contributed by atoms with E-state index in [0.29, 0.717) is 15.8 Å². The summed E-state index contributed by atoms with van der Waals surface area (Å²) in [6.07, 6.45) is 3.32. The normalized spacial score (nSPS) is 11.6. The molecule has 0 aliphatic heterocycles. The third-order valence-electron chi connectivity index (χ3n) is 1.43. The van der Waals surface area contributed by atoms with Crippen LogP contribution >= 0.6 is 23.1 Å². The third kappa shape index (κ3) is 4.29. The number of nitriles is 1. The Morgan fingerprint density at radius 1 is 1.69 bits per heavy atom. The van der Waals surface area contributed by atoms with Crippen LogP contribution in [0.1, 0.15) is 9.75 Å². The molecule has 0 fully saturated rings. The molecule has 0 bridgehead atoms. The van der Waals surface area contributed by atoms with Gasteiger partial charge in [-0.1, -0.05) is 17.8 Å². The van der Waals surface area contributed by atoms with E-state index in [2.05, 4.69) is 22.9 Å². The Kier molecular flexibility index (Phi) is 5.32. The van der Waals surface area contributed by atoms with Crippen molar-refractivity contribution in [1.29, 1.82) is 5.26 Å². The Balaban J connectivity index is 2.54. The highest BCUT2D eigenvalue weighted by atomic mass is 32.2. The fourth-order valence-electron chi connectivity index (χ4n) is 0.798. The summed E-state index contributed by atoms with van der Waals surface area (Å²) in [5, 5.41) is 16.6. The second-order valence-electron chi connectivity index (χ2n) is 2.60. The molecule has 0 spiro atoms. The van der Waals surface area contributed by atoms with Gasteiger partial charge in [-0.15, -0.1) is 23.0 Å². The highest BCUT2D eigenvalue weighted by molar-refractivity contribution is 8.13. The van der Waals surface area contributed by atoms with Crippen LogP contribution in [0.15, 0.2) is 35.0 Å². The van der Waals surface area contributed by atoms with Crippen LogP contribution in [-0.2, 0) is 0 Å². The molecule has 0 saturated heterocycles. The first-order valence-corrected chi connectivity index (χ1v) is 6.16. The summed E-state index contributed by atoms with van der Waals surface area (Å²) in [6.45, 7) is 3.57. The lowest BCUT2D eigenvalue weighted by Gasteiger charge is -1.91. The average molecular weight is 250 g/mol. The van der Waals surface area contributed by atoms with Gasteiger partial charge >= 0.3 is 0 Å². The van der Waals surface area contributed by atoms with E-state index < -0.39 is 0 Å². The van der Waals surface area contributed by atoms with Gasteiger partial charge in [-0.3, -0.25) is 0 Å². The van der Waals surface area contributed by atoms with Crippen molar-refractivity contribution in [3.05, 3.63) is 34.5 Å². The zero-order chi connectivity index (χ0) is 11.8. The summed E-state index contributed by atoms with van der Waals surface area (Å²) >= 11 is 2.73. The molecule has 1 aromatic rings. The van der Waals surface area contributed by atoms with Crippen LogP contribution in [0.4, 0.5) is 0 Å². The minimum absolute atomic E-state index is 0.396. The smallest absolute Gasteiger partial charge is 0.180 e. The maximum atomic E-state index is 8.62. The molecule has 0 aliphatic carbocycles. The fourth-order valence-corrected chi connectivity index (χ4v) is 1.86. The molecule has 4 nitrogen and oxygen atoms in total. The van der Waals surface area contributed by atoms with Crippen molar-refractivity contribution >= 4 is 34.5 Å². The van der Waals surface area contributed by atoms with Crippen LogP contribution < -0.4 is 5.73 Å². The van der Waals surface area contributed by atoms with Crippen molar-refractivity contribution in [2.24, 2.45) is 15.9 Å². The molecule has 1 heterocycles. The van der Waals surface area contributed by atoms with Gasteiger partial charge in [0.1, 0.15) is 10.9 Å². The van der Waals surface area contributed by atoms with Gasteiger partial charge < -0.3 is 5.73 Å². The Bertz CT molecular complexity index is 454. The van der Waals surface area contributed by atoms with Crippen LogP contribution in [0.3, 0.4) is 0 Å². The summed E-state index contributed by atoms with van der Waals surface area (Å²) in [6, 6.07) is 5.61. The van der Waals surface area contributed by atoms with Gasteiger partial charge in [0.25, 0.3) is 0 Å². The highest BCUT2D eigenvalue weighted by Crippen LogP contribution is 2.12. The first-order chi connectivity index (χ1) is 7.76. The minimum atomic E-state index is 0.396. The van der Waals surface area contributed by atoms with Crippen LogP contribution in [0, 0.1) is 11.3 Å². The van der Waals surface area contributed by atoms with Crippen LogP contribution in [0.2, 0.25) is 0 Å². The van der Waals surface area contributed by atoms with Gasteiger partial charge in [0.15, 0.2) is 5.17 Å². The van der Waals surface area contributed by atoms with Crippen LogP contribution in [-0.4, -0.2) is 17.1 Å². The van der Waals surface area contributed by atoms with E-state index in [1.807, 2.05) is 6.07 Å².